The van der Waals surface area contributed by atoms with E-state index >= 15 is 0 Å². The van der Waals surface area contributed by atoms with Gasteiger partial charge in [-0.1, -0.05) is 6.42 Å². The number of carbonyl (C=O) groups excluding carboxylic acids is 4. The van der Waals surface area contributed by atoms with Crippen molar-refractivity contribution >= 4 is 23.9 Å². The van der Waals surface area contributed by atoms with Gasteiger partial charge in [0, 0.05) is 25.9 Å². The summed E-state index contributed by atoms with van der Waals surface area (Å²) in [5.74, 6) is -1.38. The molecule has 0 radical (unpaired) electrons. The van der Waals surface area contributed by atoms with E-state index in [9.17, 15) is 19.2 Å². The van der Waals surface area contributed by atoms with Crippen LogP contribution in [0.4, 0.5) is 4.79 Å². The van der Waals surface area contributed by atoms with Gasteiger partial charge < -0.3 is 30.6 Å². The van der Waals surface area contributed by atoms with Gasteiger partial charge in [-0.3, -0.25) is 9.59 Å². The normalized spacial score (nSPS) is 13.0. The Morgan fingerprint density at radius 1 is 0.765 bits per heavy atom. The molecule has 0 bridgehead atoms. The number of hydrogen-bond donors (Lipinski definition) is 3. The molecular weight excluding hydrogens is 442 g/mol. The molecule has 0 aromatic carbocycles. The van der Waals surface area contributed by atoms with Gasteiger partial charge in [-0.25, -0.2) is 9.59 Å². The highest BCUT2D eigenvalue weighted by atomic mass is 16.6. The van der Waals surface area contributed by atoms with E-state index in [-0.39, 0.29) is 31.8 Å². The van der Waals surface area contributed by atoms with Crippen molar-refractivity contribution in [3.8, 4) is 0 Å². The first-order valence-electron chi connectivity index (χ1n) is 11.8. The molecule has 2 amide bonds. The maximum absolute atomic E-state index is 12.5. The van der Waals surface area contributed by atoms with Crippen LogP contribution in [0.5, 0.6) is 0 Å². The van der Waals surface area contributed by atoms with Crippen molar-refractivity contribution in [3.63, 3.8) is 0 Å². The number of amides is 2. The maximum atomic E-state index is 12.5. The van der Waals surface area contributed by atoms with Gasteiger partial charge in [-0.15, -0.1) is 0 Å². The van der Waals surface area contributed by atoms with E-state index in [4.69, 9.17) is 19.9 Å². The predicted molar refractivity (Wildman–Crippen MR) is 129 cm³/mol. The van der Waals surface area contributed by atoms with Gasteiger partial charge in [0.05, 0.1) is 0 Å². The van der Waals surface area contributed by atoms with Crippen LogP contribution in [-0.2, 0) is 28.6 Å². The monoisotopic (exact) mass is 487 g/mol. The van der Waals surface area contributed by atoms with Crippen molar-refractivity contribution in [1.29, 1.82) is 0 Å². The van der Waals surface area contributed by atoms with Crippen LogP contribution >= 0.6 is 0 Å². The SMILES string of the molecule is CC(C)(C)OC(=O)CCC(NC(=O)NCCCCCC(=O)OC(C)(C)CN)C(=O)OC(C)(C)C. The van der Waals surface area contributed by atoms with Crippen molar-refractivity contribution in [2.24, 2.45) is 5.73 Å². The second kappa shape index (κ2) is 14.1. The number of nitrogens with one attached hydrogen (secondary N) is 2. The molecular formula is C24H45N3O7. The topological polar surface area (TPSA) is 146 Å². The number of hydrogen-bond acceptors (Lipinski definition) is 8. The summed E-state index contributed by atoms with van der Waals surface area (Å²) in [6, 6.07) is -1.53. The van der Waals surface area contributed by atoms with E-state index in [1.807, 2.05) is 0 Å². The Balaban J connectivity index is 4.52. The van der Waals surface area contributed by atoms with Crippen molar-refractivity contribution in [2.45, 2.75) is 117 Å². The molecule has 0 saturated heterocycles. The van der Waals surface area contributed by atoms with Crippen LogP contribution in [0.15, 0.2) is 0 Å². The van der Waals surface area contributed by atoms with E-state index in [2.05, 4.69) is 10.6 Å². The number of carbonyl (C=O) groups is 4. The van der Waals surface area contributed by atoms with Crippen molar-refractivity contribution < 1.29 is 33.4 Å². The molecule has 0 aromatic heterocycles. The number of rotatable bonds is 13. The van der Waals surface area contributed by atoms with E-state index in [0.717, 1.165) is 0 Å². The van der Waals surface area contributed by atoms with Gasteiger partial charge in [0.25, 0.3) is 0 Å². The van der Waals surface area contributed by atoms with Gasteiger partial charge in [-0.2, -0.15) is 0 Å². The minimum Gasteiger partial charge on any atom is -0.460 e. The maximum Gasteiger partial charge on any atom is 0.329 e. The average Bonchev–Trinajstić information content (AvgIpc) is 2.64. The molecule has 0 aliphatic heterocycles. The van der Waals surface area contributed by atoms with Crippen LogP contribution in [0.25, 0.3) is 0 Å². The van der Waals surface area contributed by atoms with Gasteiger partial charge >= 0.3 is 23.9 Å². The van der Waals surface area contributed by atoms with Gasteiger partial charge in [0.15, 0.2) is 0 Å². The first-order valence-corrected chi connectivity index (χ1v) is 11.8. The zero-order chi connectivity index (χ0) is 26.6. The van der Waals surface area contributed by atoms with Crippen molar-refractivity contribution in [2.75, 3.05) is 13.1 Å². The summed E-state index contributed by atoms with van der Waals surface area (Å²) in [5.41, 5.74) is 3.49. The molecule has 0 fully saturated rings. The van der Waals surface area contributed by atoms with Crippen LogP contribution in [0.3, 0.4) is 0 Å². The highest BCUT2D eigenvalue weighted by Gasteiger charge is 2.28. The number of ether oxygens (including phenoxy) is 3. The van der Waals surface area contributed by atoms with Crippen LogP contribution in [-0.4, -0.2) is 59.9 Å². The number of unbranched alkanes of at least 4 members (excludes halogenated alkanes) is 2. The second-order valence-corrected chi connectivity index (χ2v) is 10.9. The Morgan fingerprint density at radius 3 is 1.85 bits per heavy atom. The molecule has 0 saturated carbocycles. The fourth-order valence-electron chi connectivity index (χ4n) is 2.66. The third kappa shape index (κ3) is 17.2. The highest BCUT2D eigenvalue weighted by Crippen LogP contribution is 2.14. The molecule has 0 rings (SSSR count). The molecule has 34 heavy (non-hydrogen) atoms. The number of urea groups is 1. The summed E-state index contributed by atoms with van der Waals surface area (Å²) >= 11 is 0. The van der Waals surface area contributed by atoms with Crippen LogP contribution in [0, 0.1) is 0 Å². The Bertz CT molecular complexity index is 679. The fraction of sp³-hybridized carbons (Fsp3) is 0.833. The first-order chi connectivity index (χ1) is 15.4. The molecule has 0 spiro atoms. The molecule has 1 atom stereocenters. The zero-order valence-electron chi connectivity index (χ0n) is 22.2. The van der Waals surface area contributed by atoms with Gasteiger partial charge in [0.2, 0.25) is 0 Å². The summed E-state index contributed by atoms with van der Waals surface area (Å²) < 4.78 is 15.9. The van der Waals surface area contributed by atoms with Crippen LogP contribution in [0.1, 0.15) is 93.9 Å². The van der Waals surface area contributed by atoms with Gasteiger partial charge in [-0.05, 0) is 74.7 Å². The summed E-state index contributed by atoms with van der Waals surface area (Å²) in [6.45, 7) is 14.6. The number of nitrogens with two attached hydrogens (primary N) is 1. The Labute approximate surface area is 204 Å². The zero-order valence-corrected chi connectivity index (χ0v) is 22.2. The number of esters is 3. The summed E-state index contributed by atoms with van der Waals surface area (Å²) in [6.07, 6.45) is 2.28. The van der Waals surface area contributed by atoms with Gasteiger partial charge in [0.1, 0.15) is 22.8 Å². The molecule has 1 unspecified atom stereocenters. The Kier molecular flexibility index (Phi) is 13.2. The molecule has 198 valence electrons. The Hall–Kier alpha value is -2.36. The van der Waals surface area contributed by atoms with E-state index in [1.165, 1.54) is 0 Å². The lowest BCUT2D eigenvalue weighted by atomic mass is 10.1. The van der Waals surface area contributed by atoms with Crippen molar-refractivity contribution in [3.05, 3.63) is 0 Å². The molecule has 0 aliphatic rings. The smallest absolute Gasteiger partial charge is 0.329 e. The fourth-order valence-corrected chi connectivity index (χ4v) is 2.66. The summed E-state index contributed by atoms with van der Waals surface area (Å²) in [4.78, 5) is 48.6. The second-order valence-electron chi connectivity index (χ2n) is 10.9. The third-order valence-electron chi connectivity index (χ3n) is 4.28. The Morgan fingerprint density at radius 2 is 1.32 bits per heavy atom. The average molecular weight is 488 g/mol. The van der Waals surface area contributed by atoms with Crippen molar-refractivity contribution in [1.82, 2.24) is 10.6 Å². The largest absolute Gasteiger partial charge is 0.460 e. The van der Waals surface area contributed by atoms with Crippen LogP contribution < -0.4 is 16.4 Å². The summed E-state index contributed by atoms with van der Waals surface area (Å²) in [5, 5.41) is 5.27. The standard InChI is InChI=1S/C24H45N3O7/c1-22(2,3)32-19(29)14-13-17(20(30)34-23(4,5)6)27-21(31)26-15-11-9-10-12-18(28)33-24(7,8)16-25/h17H,9-16,25H2,1-8H3,(H2,26,27,31). The first kappa shape index (κ1) is 31.6. The molecule has 10 heteroatoms. The lowest BCUT2D eigenvalue weighted by molar-refractivity contribution is -0.159. The minimum absolute atomic E-state index is 0.0431. The molecule has 10 nitrogen and oxygen atoms in total. The molecule has 0 heterocycles. The van der Waals surface area contributed by atoms with Crippen LogP contribution in [0.2, 0.25) is 0 Å². The lowest BCUT2D eigenvalue weighted by Gasteiger charge is -2.25. The lowest BCUT2D eigenvalue weighted by Crippen LogP contribution is -2.48. The molecule has 4 N–H and O–H groups in total. The quantitative estimate of drug-likeness (QED) is 0.204. The van der Waals surface area contributed by atoms with E-state index in [0.29, 0.717) is 25.8 Å². The highest BCUT2D eigenvalue weighted by molar-refractivity contribution is 5.84. The van der Waals surface area contributed by atoms with E-state index < -0.39 is 40.8 Å². The minimum atomic E-state index is -0.993. The molecule has 0 aromatic rings. The van der Waals surface area contributed by atoms with E-state index in [1.54, 1.807) is 55.4 Å². The predicted octanol–water partition coefficient (Wildman–Crippen LogP) is 2.96. The molecule has 0 aliphatic carbocycles. The third-order valence-corrected chi connectivity index (χ3v) is 4.28. The summed E-state index contributed by atoms with van der Waals surface area (Å²) in [7, 11) is 0.